The van der Waals surface area contributed by atoms with Gasteiger partial charge in [-0.25, -0.2) is 8.42 Å². The number of nitro groups is 1. The van der Waals surface area contributed by atoms with Crippen LogP contribution in [-0.2, 0) is 26.1 Å². The predicted molar refractivity (Wildman–Crippen MR) is 148 cm³/mol. The van der Waals surface area contributed by atoms with Crippen LogP contribution in [0.25, 0.3) is 0 Å². The Labute approximate surface area is 239 Å². The monoisotopic (exact) mass is 607 g/mol. The molecule has 0 amide bonds. The zero-order valence-electron chi connectivity index (χ0n) is 21.3. The van der Waals surface area contributed by atoms with Gasteiger partial charge < -0.3 is 30.9 Å². The summed E-state index contributed by atoms with van der Waals surface area (Å²) in [4.78, 5) is 27.1. The van der Waals surface area contributed by atoms with Crippen LogP contribution in [0.1, 0.15) is 12.0 Å². The molecule has 1 atom stereocenters. The lowest BCUT2D eigenvalue weighted by molar-refractivity contribution is -0.385. The van der Waals surface area contributed by atoms with Gasteiger partial charge in [0.05, 0.1) is 21.4 Å². The maximum absolute atomic E-state index is 12.9. The number of para-hydroxylation sites is 1. The van der Waals surface area contributed by atoms with Crippen molar-refractivity contribution in [2.45, 2.75) is 23.8 Å². The van der Waals surface area contributed by atoms with E-state index in [9.17, 15) is 28.4 Å². The number of nitro benzene ring substituents is 1. The van der Waals surface area contributed by atoms with Crippen molar-refractivity contribution < 1.29 is 37.6 Å². The molecule has 0 heterocycles. The number of hydrogen-bond acceptors (Lipinski definition) is 9. The van der Waals surface area contributed by atoms with Gasteiger partial charge in [0.15, 0.2) is 0 Å². The van der Waals surface area contributed by atoms with Crippen LogP contribution in [0, 0.1) is 10.1 Å². The van der Waals surface area contributed by atoms with Gasteiger partial charge in [0.1, 0.15) is 24.1 Å². The number of nitrogens with one attached hydrogen (secondary N) is 1. The number of carboxylic acids is 1. The maximum atomic E-state index is 12.9. The van der Waals surface area contributed by atoms with Gasteiger partial charge in [-0.15, -0.1) is 0 Å². The van der Waals surface area contributed by atoms with Crippen LogP contribution >= 0.6 is 11.6 Å². The second-order valence-electron chi connectivity index (χ2n) is 8.33. The second kappa shape index (κ2) is 14.2. The molecule has 3 aromatic carbocycles. The lowest BCUT2D eigenvalue weighted by Crippen LogP contribution is -2.42. The van der Waals surface area contributed by atoms with Gasteiger partial charge in [0.25, 0.3) is 0 Å². The zero-order valence-corrected chi connectivity index (χ0v) is 22.9. The summed E-state index contributed by atoms with van der Waals surface area (Å²) in [7, 11) is -4.26. The molecule has 0 saturated heterocycles. The minimum atomic E-state index is -4.26. The SMILES string of the molecule is NC(N)=NOCCCOc1ccc(CC(NS(=O)(=O)c2ccc(Oc3c(Cl)cccc3[N+](=O)[O-])cc2)C(=O)O)cc1. The van der Waals surface area contributed by atoms with E-state index >= 15 is 0 Å². The average molecular weight is 608 g/mol. The third-order valence-corrected chi connectivity index (χ3v) is 7.06. The Morgan fingerprint density at radius 3 is 2.32 bits per heavy atom. The van der Waals surface area contributed by atoms with Crippen LogP contribution in [0.15, 0.2) is 76.8 Å². The van der Waals surface area contributed by atoms with Gasteiger partial charge in [-0.3, -0.25) is 14.9 Å². The van der Waals surface area contributed by atoms with Gasteiger partial charge in [0, 0.05) is 12.5 Å². The summed E-state index contributed by atoms with van der Waals surface area (Å²) in [5.74, 6) is -1.16. The number of guanidine groups is 1. The average Bonchev–Trinajstić information content (AvgIpc) is 2.92. The molecule has 0 spiro atoms. The first kappa shape index (κ1) is 30.9. The van der Waals surface area contributed by atoms with Crippen molar-refractivity contribution >= 4 is 39.2 Å². The van der Waals surface area contributed by atoms with E-state index in [1.165, 1.54) is 42.5 Å². The fourth-order valence-electron chi connectivity index (χ4n) is 3.37. The Hall–Kier alpha value is -4.60. The molecule has 0 fully saturated rings. The number of sulfonamides is 1. The molecule has 0 saturated carbocycles. The zero-order chi connectivity index (χ0) is 30.0. The second-order valence-corrected chi connectivity index (χ2v) is 10.5. The number of ether oxygens (including phenoxy) is 2. The summed E-state index contributed by atoms with van der Waals surface area (Å²) in [5, 5.41) is 24.3. The Morgan fingerprint density at radius 1 is 1.05 bits per heavy atom. The van der Waals surface area contributed by atoms with E-state index in [-0.39, 0.29) is 46.1 Å². The quantitative estimate of drug-likeness (QED) is 0.0646. The fraction of sp³-hybridized carbons (Fsp3) is 0.200. The number of oxime groups is 1. The Kier molecular flexibility index (Phi) is 10.7. The standard InChI is InChI=1S/C25H26ClN5O9S/c26-20-3-1-4-22(31(34)35)23(20)40-18-9-11-19(12-10-18)41(36,37)30-21(24(32)33)15-16-5-7-17(8-6-16)38-13-2-14-39-29-25(27)28/h1,3-12,21,30H,2,13-15H2,(H,32,33)(H4,27,28,29). The van der Waals surface area contributed by atoms with Crippen LogP contribution in [0.3, 0.4) is 0 Å². The van der Waals surface area contributed by atoms with Crippen molar-refractivity contribution in [3.63, 3.8) is 0 Å². The summed E-state index contributed by atoms with van der Waals surface area (Å²) >= 11 is 6.02. The van der Waals surface area contributed by atoms with Gasteiger partial charge in [-0.05, 0) is 59.6 Å². The van der Waals surface area contributed by atoms with Crippen molar-refractivity contribution in [2.75, 3.05) is 13.2 Å². The van der Waals surface area contributed by atoms with E-state index in [2.05, 4.69) is 9.88 Å². The normalized spacial score (nSPS) is 11.7. The van der Waals surface area contributed by atoms with Crippen molar-refractivity contribution in [1.82, 2.24) is 4.72 Å². The molecule has 0 aliphatic rings. The molecule has 0 radical (unpaired) electrons. The van der Waals surface area contributed by atoms with Crippen molar-refractivity contribution in [2.24, 2.45) is 16.6 Å². The van der Waals surface area contributed by atoms with Crippen molar-refractivity contribution in [3.8, 4) is 17.2 Å². The third-order valence-electron chi connectivity index (χ3n) is 5.27. The topological polar surface area (TPSA) is 219 Å². The molecule has 1 unspecified atom stereocenters. The molecule has 218 valence electrons. The number of halogens is 1. The maximum Gasteiger partial charge on any atom is 0.322 e. The number of nitrogens with two attached hydrogens (primary N) is 2. The number of carbonyl (C=O) groups is 1. The first-order valence-corrected chi connectivity index (χ1v) is 13.7. The van der Waals surface area contributed by atoms with Crippen LogP contribution in [0.2, 0.25) is 5.02 Å². The van der Waals surface area contributed by atoms with E-state index in [0.717, 1.165) is 0 Å². The van der Waals surface area contributed by atoms with E-state index in [4.69, 9.17) is 37.4 Å². The lowest BCUT2D eigenvalue weighted by atomic mass is 10.1. The highest BCUT2D eigenvalue weighted by molar-refractivity contribution is 7.89. The molecule has 0 aliphatic carbocycles. The van der Waals surface area contributed by atoms with Crippen molar-refractivity contribution in [3.05, 3.63) is 87.4 Å². The Balaban J connectivity index is 1.61. The highest BCUT2D eigenvalue weighted by Crippen LogP contribution is 2.37. The van der Waals surface area contributed by atoms with Crippen LogP contribution < -0.4 is 25.7 Å². The summed E-state index contributed by atoms with van der Waals surface area (Å²) in [6.45, 7) is 0.562. The molecule has 3 aromatic rings. The number of rotatable bonds is 15. The summed E-state index contributed by atoms with van der Waals surface area (Å²) < 4.78 is 39.1. The smallest absolute Gasteiger partial charge is 0.322 e. The number of carboxylic acid groups (broad SMARTS) is 1. The Bertz CT molecular complexity index is 1500. The minimum absolute atomic E-state index is 0.00410. The molecule has 0 aromatic heterocycles. The molecule has 0 aliphatic heterocycles. The molecule has 41 heavy (non-hydrogen) atoms. The number of aliphatic carboxylic acids is 1. The largest absolute Gasteiger partial charge is 0.493 e. The van der Waals surface area contributed by atoms with E-state index in [1.54, 1.807) is 24.3 Å². The highest BCUT2D eigenvalue weighted by Gasteiger charge is 2.26. The highest BCUT2D eigenvalue weighted by atomic mass is 35.5. The first-order chi connectivity index (χ1) is 19.5. The molecular formula is C25H26ClN5O9S. The van der Waals surface area contributed by atoms with Crippen LogP contribution in [0.4, 0.5) is 5.69 Å². The fourth-order valence-corrected chi connectivity index (χ4v) is 4.77. The van der Waals surface area contributed by atoms with Gasteiger partial charge >= 0.3 is 11.7 Å². The van der Waals surface area contributed by atoms with Gasteiger partial charge in [-0.1, -0.05) is 29.8 Å². The molecule has 6 N–H and O–H groups in total. The number of benzene rings is 3. The molecule has 16 heteroatoms. The van der Waals surface area contributed by atoms with Crippen LogP contribution in [-0.4, -0.2) is 49.6 Å². The lowest BCUT2D eigenvalue weighted by Gasteiger charge is -2.16. The summed E-state index contributed by atoms with van der Waals surface area (Å²) in [5.41, 5.74) is 10.5. The minimum Gasteiger partial charge on any atom is -0.493 e. The Morgan fingerprint density at radius 2 is 1.71 bits per heavy atom. The number of hydrogen-bond donors (Lipinski definition) is 4. The molecule has 3 rings (SSSR count). The summed E-state index contributed by atoms with van der Waals surface area (Å²) in [6, 6.07) is 13.9. The van der Waals surface area contributed by atoms with E-state index in [0.29, 0.717) is 24.3 Å². The summed E-state index contributed by atoms with van der Waals surface area (Å²) in [6.07, 6.45) is 0.368. The van der Waals surface area contributed by atoms with Crippen LogP contribution in [0.5, 0.6) is 17.2 Å². The number of nitrogens with zero attached hydrogens (tertiary/aromatic N) is 2. The predicted octanol–water partition coefficient (Wildman–Crippen LogP) is 2.99. The van der Waals surface area contributed by atoms with Gasteiger partial charge in [-0.2, -0.15) is 4.72 Å². The van der Waals surface area contributed by atoms with E-state index < -0.39 is 27.0 Å². The molecule has 14 nitrogen and oxygen atoms in total. The van der Waals surface area contributed by atoms with E-state index in [1.807, 2.05) is 0 Å². The van der Waals surface area contributed by atoms with Crippen molar-refractivity contribution in [1.29, 1.82) is 0 Å². The third kappa shape index (κ3) is 9.23. The molecule has 0 bridgehead atoms. The molecular weight excluding hydrogens is 582 g/mol. The first-order valence-electron chi connectivity index (χ1n) is 11.8. The van der Waals surface area contributed by atoms with Gasteiger partial charge in [0.2, 0.25) is 21.7 Å².